The van der Waals surface area contributed by atoms with E-state index in [0.717, 1.165) is 0 Å². The fourth-order valence-corrected chi connectivity index (χ4v) is 0.891. The summed E-state index contributed by atoms with van der Waals surface area (Å²) in [6.07, 6.45) is 0. The fraction of sp³-hybridized carbons (Fsp3) is 0.111. The molecule has 0 bridgehead atoms. The van der Waals surface area contributed by atoms with Gasteiger partial charge in [-0.3, -0.25) is 4.79 Å². The maximum Gasteiger partial charge on any atom is 0.423 e. The molecule has 1 aromatic carbocycles. The van der Waals surface area contributed by atoms with E-state index in [9.17, 15) is 9.59 Å². The molecule has 0 atom stereocenters. The molecule has 0 saturated heterocycles. The van der Waals surface area contributed by atoms with Crippen LogP contribution in [0.2, 0.25) is 0 Å². The largest absolute Gasteiger partial charge is 0.423 e. The van der Waals surface area contributed by atoms with Gasteiger partial charge in [-0.2, -0.15) is 0 Å². The molecule has 61 valence electrons. The molecule has 3 nitrogen and oxygen atoms in total. The lowest BCUT2D eigenvalue weighted by atomic mass is 10.1. The normalized spacial score (nSPS) is 9.08. The van der Waals surface area contributed by atoms with Crippen molar-refractivity contribution in [2.45, 2.75) is 6.92 Å². The Morgan fingerprint density at radius 1 is 1.42 bits per heavy atom. The van der Waals surface area contributed by atoms with Crippen molar-refractivity contribution >= 4 is 12.3 Å². The first-order valence-corrected chi connectivity index (χ1v) is 3.39. The highest BCUT2D eigenvalue weighted by Crippen LogP contribution is 2.17. The predicted octanol–water partition coefficient (Wildman–Crippen LogP) is 1.34. The van der Waals surface area contributed by atoms with Gasteiger partial charge in [0, 0.05) is 0 Å². The van der Waals surface area contributed by atoms with Crippen LogP contribution in [-0.2, 0) is 4.79 Å². The second-order valence-electron chi connectivity index (χ2n) is 2.24. The third-order valence-corrected chi connectivity index (χ3v) is 1.42. The summed E-state index contributed by atoms with van der Waals surface area (Å²) in [6.45, 7) is 2.69. The van der Waals surface area contributed by atoms with Crippen LogP contribution in [0.25, 0.3) is 0 Å². The van der Waals surface area contributed by atoms with Crippen molar-refractivity contribution < 1.29 is 14.3 Å². The van der Waals surface area contributed by atoms with Crippen LogP contribution in [0, 0.1) is 0 Å². The Morgan fingerprint density at radius 3 is 2.67 bits per heavy atom. The number of para-hydroxylation sites is 1. The molecule has 0 aliphatic heterocycles. The minimum Gasteiger partial charge on any atom is -0.417 e. The summed E-state index contributed by atoms with van der Waals surface area (Å²) in [5, 5.41) is 0. The van der Waals surface area contributed by atoms with Crippen molar-refractivity contribution in [3.8, 4) is 5.75 Å². The van der Waals surface area contributed by atoms with Gasteiger partial charge in [-0.15, -0.1) is 0 Å². The van der Waals surface area contributed by atoms with E-state index in [1.54, 1.807) is 24.3 Å². The molecule has 1 aromatic rings. The lowest BCUT2D eigenvalue weighted by Crippen LogP contribution is -1.98. The van der Waals surface area contributed by atoms with Crippen LogP contribution in [0.15, 0.2) is 24.3 Å². The summed E-state index contributed by atoms with van der Waals surface area (Å²) in [7, 11) is 0. The molecule has 1 radical (unpaired) electrons. The Kier molecular flexibility index (Phi) is 2.58. The van der Waals surface area contributed by atoms with Gasteiger partial charge in [0.15, 0.2) is 5.78 Å². The number of benzene rings is 1. The molecular weight excluding hydrogens is 156 g/mol. The van der Waals surface area contributed by atoms with E-state index in [1.807, 2.05) is 0 Å². The van der Waals surface area contributed by atoms with Gasteiger partial charge < -0.3 is 4.74 Å². The van der Waals surface area contributed by atoms with Gasteiger partial charge in [0.2, 0.25) is 0 Å². The van der Waals surface area contributed by atoms with Gasteiger partial charge in [0.1, 0.15) is 5.75 Å². The van der Waals surface area contributed by atoms with E-state index in [4.69, 9.17) is 0 Å². The first-order valence-electron chi connectivity index (χ1n) is 3.39. The highest BCUT2D eigenvalue weighted by atomic mass is 16.5. The number of ketones is 1. The molecule has 1 rings (SSSR count). The zero-order valence-corrected chi connectivity index (χ0v) is 6.53. The molecule has 12 heavy (non-hydrogen) atoms. The van der Waals surface area contributed by atoms with Crippen molar-refractivity contribution in [1.29, 1.82) is 0 Å². The van der Waals surface area contributed by atoms with Crippen molar-refractivity contribution in [2.75, 3.05) is 0 Å². The average molecular weight is 163 g/mol. The smallest absolute Gasteiger partial charge is 0.417 e. The minimum absolute atomic E-state index is 0.138. The zero-order valence-electron chi connectivity index (χ0n) is 6.53. The van der Waals surface area contributed by atoms with Gasteiger partial charge in [-0.1, -0.05) is 12.1 Å². The Bertz CT molecular complexity index is 304. The lowest BCUT2D eigenvalue weighted by Gasteiger charge is -2.00. The van der Waals surface area contributed by atoms with Gasteiger partial charge in [0.25, 0.3) is 0 Å². The Morgan fingerprint density at radius 2 is 2.08 bits per heavy atom. The minimum atomic E-state index is -0.138. The molecule has 0 aliphatic rings. The van der Waals surface area contributed by atoms with Crippen LogP contribution in [0.4, 0.5) is 0 Å². The first-order chi connectivity index (χ1) is 5.75. The van der Waals surface area contributed by atoms with E-state index >= 15 is 0 Å². The number of carbonyl (C=O) groups excluding carboxylic acids is 2. The lowest BCUT2D eigenvalue weighted by molar-refractivity contribution is 0.101. The van der Waals surface area contributed by atoms with E-state index < -0.39 is 0 Å². The van der Waals surface area contributed by atoms with E-state index in [2.05, 4.69) is 4.74 Å². The standard InChI is InChI=1S/C9H7O3/c1-7(11)8-4-2-3-5-9(8)12-6-10/h2-5H,1H3. The van der Waals surface area contributed by atoms with Crippen molar-refractivity contribution in [2.24, 2.45) is 0 Å². The molecule has 0 saturated carbocycles. The number of carbonyl (C=O) groups is 1. The van der Waals surface area contributed by atoms with Crippen LogP contribution in [0.3, 0.4) is 0 Å². The zero-order chi connectivity index (χ0) is 8.97. The highest BCUT2D eigenvalue weighted by molar-refractivity contribution is 5.97. The molecule has 0 fully saturated rings. The Hall–Kier alpha value is -1.64. The second-order valence-corrected chi connectivity index (χ2v) is 2.24. The van der Waals surface area contributed by atoms with Crippen molar-refractivity contribution in [1.82, 2.24) is 0 Å². The van der Waals surface area contributed by atoms with Gasteiger partial charge in [-0.05, 0) is 19.1 Å². The number of rotatable bonds is 3. The van der Waals surface area contributed by atoms with Crippen LogP contribution in [0.5, 0.6) is 5.75 Å². The SMILES string of the molecule is CC(=O)c1ccccc1O[C]=O. The van der Waals surface area contributed by atoms with Gasteiger partial charge >= 0.3 is 6.47 Å². The number of hydrogen-bond acceptors (Lipinski definition) is 3. The molecular formula is C9H7O3. The molecule has 0 aromatic heterocycles. The maximum atomic E-state index is 10.9. The van der Waals surface area contributed by atoms with Crippen LogP contribution < -0.4 is 4.74 Å². The average Bonchev–Trinajstić information content (AvgIpc) is 2.05. The second kappa shape index (κ2) is 3.67. The van der Waals surface area contributed by atoms with Crippen LogP contribution in [0.1, 0.15) is 17.3 Å². The van der Waals surface area contributed by atoms with Crippen LogP contribution >= 0.6 is 0 Å². The summed E-state index contributed by atoms with van der Waals surface area (Å²) in [5.74, 6) is 0.112. The fourth-order valence-electron chi connectivity index (χ4n) is 0.891. The summed E-state index contributed by atoms with van der Waals surface area (Å²) in [6, 6.07) is 6.52. The van der Waals surface area contributed by atoms with E-state index in [1.165, 1.54) is 13.4 Å². The first kappa shape index (κ1) is 8.46. The molecule has 0 spiro atoms. The van der Waals surface area contributed by atoms with Crippen molar-refractivity contribution in [3.63, 3.8) is 0 Å². The highest BCUT2D eigenvalue weighted by Gasteiger charge is 2.06. The van der Waals surface area contributed by atoms with E-state index in [-0.39, 0.29) is 11.5 Å². The number of Topliss-reactive ketones (excluding diaryl/α,β-unsaturated/α-hetero) is 1. The monoisotopic (exact) mass is 163 g/mol. The third-order valence-electron chi connectivity index (χ3n) is 1.42. The van der Waals surface area contributed by atoms with Crippen LogP contribution in [-0.4, -0.2) is 12.3 Å². The van der Waals surface area contributed by atoms with E-state index in [0.29, 0.717) is 5.56 Å². The molecule has 0 unspecified atom stereocenters. The number of hydrogen-bond donors (Lipinski definition) is 0. The topological polar surface area (TPSA) is 43.4 Å². The van der Waals surface area contributed by atoms with Gasteiger partial charge in [-0.25, -0.2) is 4.79 Å². The molecule has 0 N–H and O–H groups in total. The summed E-state index contributed by atoms with van der Waals surface area (Å²) < 4.78 is 4.47. The molecule has 3 heteroatoms. The number of ether oxygens (including phenoxy) is 1. The quantitative estimate of drug-likeness (QED) is 0.631. The Labute approximate surface area is 70.0 Å². The molecule has 0 aliphatic carbocycles. The Balaban J connectivity index is 3.07. The van der Waals surface area contributed by atoms with Gasteiger partial charge in [0.05, 0.1) is 5.56 Å². The van der Waals surface area contributed by atoms with Crippen molar-refractivity contribution in [3.05, 3.63) is 29.8 Å². The summed E-state index contributed by atoms with van der Waals surface area (Å²) in [4.78, 5) is 20.8. The molecule has 0 heterocycles. The summed E-state index contributed by atoms with van der Waals surface area (Å²) in [5.41, 5.74) is 0.390. The molecule has 0 amide bonds. The maximum absolute atomic E-state index is 10.9. The summed E-state index contributed by atoms with van der Waals surface area (Å²) >= 11 is 0. The third kappa shape index (κ3) is 1.69. The predicted molar refractivity (Wildman–Crippen MR) is 42.8 cm³/mol.